The molecule has 4 rings (SSSR count). The molecule has 0 bridgehead atoms. The Labute approximate surface area is 279 Å². The van der Waals surface area contributed by atoms with Crippen molar-refractivity contribution in [1.82, 2.24) is 14.5 Å². The standard InChI is InChI=1S/C34H34F5N3O5.ClH/c1-4-47-29(43)17-10-18-40-27(22-11-6-5-7-12-22)20-42-32(44)30(23-13-8-16-28(46-3)31(23)36)21(2)41(33(42)45)19-24-25(34(37,38)39)14-9-15-26(24)35;/h5-9,11-16,27,40H,4,10,17-20H2,1-3H3;1H/t27-;/m0./s1. The first-order valence-corrected chi connectivity index (χ1v) is 14.8. The second kappa shape index (κ2) is 16.6. The van der Waals surface area contributed by atoms with E-state index in [0.717, 1.165) is 21.3 Å². The Morgan fingerprint density at radius 3 is 2.29 bits per heavy atom. The summed E-state index contributed by atoms with van der Waals surface area (Å²) in [4.78, 5) is 40.0. The molecule has 0 aliphatic carbocycles. The van der Waals surface area contributed by atoms with Gasteiger partial charge in [-0.2, -0.15) is 13.2 Å². The molecule has 0 saturated heterocycles. The van der Waals surface area contributed by atoms with Crippen molar-refractivity contribution in [3.63, 3.8) is 0 Å². The summed E-state index contributed by atoms with van der Waals surface area (Å²) >= 11 is 0. The number of rotatable bonds is 13. The number of halogens is 6. The van der Waals surface area contributed by atoms with Gasteiger partial charge in [0.2, 0.25) is 0 Å². The van der Waals surface area contributed by atoms with Crippen molar-refractivity contribution < 1.29 is 36.2 Å². The zero-order valence-electron chi connectivity index (χ0n) is 26.4. The van der Waals surface area contributed by atoms with Gasteiger partial charge in [0.25, 0.3) is 5.56 Å². The third-order valence-electron chi connectivity index (χ3n) is 7.70. The number of carbonyl (C=O) groups excluding carboxylic acids is 1. The smallest absolute Gasteiger partial charge is 0.416 e. The topological polar surface area (TPSA) is 91.6 Å². The average molecular weight is 696 g/mol. The number of alkyl halides is 3. The van der Waals surface area contributed by atoms with E-state index >= 15 is 8.78 Å². The Bertz CT molecular complexity index is 1840. The molecular formula is C34H35ClF5N3O5. The van der Waals surface area contributed by atoms with Crippen LogP contribution in [0.5, 0.6) is 5.75 Å². The molecule has 1 atom stereocenters. The van der Waals surface area contributed by atoms with Gasteiger partial charge in [-0.15, -0.1) is 12.4 Å². The molecule has 0 spiro atoms. The number of methoxy groups -OCH3 is 1. The minimum atomic E-state index is -4.95. The van der Waals surface area contributed by atoms with Gasteiger partial charge in [0.1, 0.15) is 5.82 Å². The SMILES string of the molecule is CCOC(=O)CCCN[C@@H](Cn1c(=O)c(-c2cccc(OC)c2F)c(C)n(Cc2c(F)cccc2C(F)(F)F)c1=O)c1ccccc1.Cl. The van der Waals surface area contributed by atoms with Gasteiger partial charge in [0.05, 0.1) is 44.0 Å². The molecule has 48 heavy (non-hydrogen) atoms. The second-order valence-corrected chi connectivity index (χ2v) is 10.7. The molecule has 4 aromatic rings. The van der Waals surface area contributed by atoms with Crippen LogP contribution in [0.1, 0.15) is 48.2 Å². The van der Waals surface area contributed by atoms with Crippen LogP contribution in [-0.4, -0.2) is 35.4 Å². The van der Waals surface area contributed by atoms with E-state index in [1.807, 2.05) is 0 Å². The summed E-state index contributed by atoms with van der Waals surface area (Å²) in [5.41, 5.74) is -4.11. The minimum Gasteiger partial charge on any atom is -0.494 e. The van der Waals surface area contributed by atoms with Gasteiger partial charge >= 0.3 is 17.8 Å². The number of carbonyl (C=O) groups is 1. The van der Waals surface area contributed by atoms with E-state index in [9.17, 15) is 27.6 Å². The van der Waals surface area contributed by atoms with Gasteiger partial charge in [-0.25, -0.2) is 13.6 Å². The highest BCUT2D eigenvalue weighted by Gasteiger charge is 2.35. The molecule has 8 nitrogen and oxygen atoms in total. The fourth-order valence-electron chi connectivity index (χ4n) is 5.36. The number of esters is 1. The maximum atomic E-state index is 15.6. The van der Waals surface area contributed by atoms with Crippen LogP contribution in [0.2, 0.25) is 0 Å². The van der Waals surface area contributed by atoms with E-state index in [4.69, 9.17) is 9.47 Å². The maximum absolute atomic E-state index is 15.6. The van der Waals surface area contributed by atoms with Crippen LogP contribution in [0.4, 0.5) is 22.0 Å². The number of ether oxygens (including phenoxy) is 2. The first kappa shape index (κ1) is 38.0. The lowest BCUT2D eigenvalue weighted by Gasteiger charge is -2.24. The third kappa shape index (κ3) is 8.50. The molecule has 0 amide bonds. The highest BCUT2D eigenvalue weighted by molar-refractivity contribution is 5.85. The van der Waals surface area contributed by atoms with Crippen LogP contribution in [0, 0.1) is 18.6 Å². The summed E-state index contributed by atoms with van der Waals surface area (Å²) in [5, 5.41) is 3.23. The van der Waals surface area contributed by atoms with Crippen molar-refractivity contribution in [2.24, 2.45) is 0 Å². The van der Waals surface area contributed by atoms with Crippen molar-refractivity contribution in [3.05, 3.63) is 122 Å². The summed E-state index contributed by atoms with van der Waals surface area (Å²) in [7, 11) is 1.23. The number of benzene rings is 3. The van der Waals surface area contributed by atoms with Crippen LogP contribution in [-0.2, 0) is 28.8 Å². The predicted octanol–water partition coefficient (Wildman–Crippen LogP) is 6.44. The summed E-state index contributed by atoms with van der Waals surface area (Å²) < 4.78 is 84.1. The van der Waals surface area contributed by atoms with Crippen LogP contribution < -0.4 is 21.3 Å². The molecule has 3 aromatic carbocycles. The summed E-state index contributed by atoms with van der Waals surface area (Å²) in [6.07, 6.45) is -4.47. The molecule has 0 aliphatic rings. The molecule has 0 unspecified atom stereocenters. The number of nitrogens with one attached hydrogen (secondary N) is 1. The largest absolute Gasteiger partial charge is 0.494 e. The fraction of sp³-hybridized carbons (Fsp3) is 0.324. The zero-order valence-corrected chi connectivity index (χ0v) is 27.2. The van der Waals surface area contributed by atoms with E-state index in [2.05, 4.69) is 5.32 Å². The quantitative estimate of drug-likeness (QED) is 0.0985. The van der Waals surface area contributed by atoms with Crippen LogP contribution >= 0.6 is 12.4 Å². The van der Waals surface area contributed by atoms with Gasteiger partial charge in [-0.05, 0) is 50.6 Å². The molecule has 0 saturated carbocycles. The lowest BCUT2D eigenvalue weighted by atomic mass is 10.0. The molecule has 0 fully saturated rings. The van der Waals surface area contributed by atoms with Crippen molar-refractivity contribution in [2.75, 3.05) is 20.3 Å². The Hall–Kier alpha value is -4.49. The zero-order chi connectivity index (χ0) is 34.3. The number of aromatic nitrogens is 2. The summed E-state index contributed by atoms with van der Waals surface area (Å²) in [6.45, 7) is 2.26. The highest BCUT2D eigenvalue weighted by Crippen LogP contribution is 2.34. The molecule has 1 N–H and O–H groups in total. The molecule has 258 valence electrons. The van der Waals surface area contributed by atoms with Crippen molar-refractivity contribution in [3.8, 4) is 16.9 Å². The van der Waals surface area contributed by atoms with Crippen LogP contribution in [0.25, 0.3) is 11.1 Å². The van der Waals surface area contributed by atoms with E-state index in [1.165, 1.54) is 32.2 Å². The Kier molecular flexibility index (Phi) is 13.1. The normalized spacial score (nSPS) is 11.9. The van der Waals surface area contributed by atoms with E-state index < -0.39 is 52.8 Å². The highest BCUT2D eigenvalue weighted by atomic mass is 35.5. The van der Waals surface area contributed by atoms with Gasteiger partial charge in [0.15, 0.2) is 11.6 Å². The first-order valence-electron chi connectivity index (χ1n) is 14.8. The Morgan fingerprint density at radius 1 is 0.958 bits per heavy atom. The van der Waals surface area contributed by atoms with Gasteiger partial charge in [0, 0.05) is 23.2 Å². The first-order chi connectivity index (χ1) is 22.4. The Balaban J connectivity index is 0.00000625. The summed E-state index contributed by atoms with van der Waals surface area (Å²) in [5.74, 6) is -2.72. The second-order valence-electron chi connectivity index (χ2n) is 10.7. The van der Waals surface area contributed by atoms with Crippen LogP contribution in [0.15, 0.2) is 76.3 Å². The van der Waals surface area contributed by atoms with Crippen LogP contribution in [0.3, 0.4) is 0 Å². The molecule has 1 heterocycles. The maximum Gasteiger partial charge on any atom is 0.416 e. The fourth-order valence-corrected chi connectivity index (χ4v) is 5.36. The molecule has 14 heteroatoms. The van der Waals surface area contributed by atoms with Crippen molar-refractivity contribution in [2.45, 2.75) is 52.0 Å². The Morgan fingerprint density at radius 2 is 1.65 bits per heavy atom. The number of nitrogens with zero attached hydrogens (tertiary/aromatic N) is 2. The molecule has 0 radical (unpaired) electrons. The van der Waals surface area contributed by atoms with E-state index in [0.29, 0.717) is 18.1 Å². The van der Waals surface area contributed by atoms with E-state index in [-0.39, 0.29) is 67.1 Å². The monoisotopic (exact) mass is 695 g/mol. The van der Waals surface area contributed by atoms with Crippen molar-refractivity contribution >= 4 is 18.4 Å². The number of hydrogen-bond acceptors (Lipinski definition) is 6. The lowest BCUT2D eigenvalue weighted by molar-refractivity contribution is -0.143. The minimum absolute atomic E-state index is 0. The lowest BCUT2D eigenvalue weighted by Crippen LogP contribution is -2.45. The molecule has 0 aliphatic heterocycles. The summed E-state index contributed by atoms with van der Waals surface area (Å²) in [6, 6.07) is 14.5. The molecular weight excluding hydrogens is 661 g/mol. The van der Waals surface area contributed by atoms with E-state index in [1.54, 1.807) is 37.3 Å². The van der Waals surface area contributed by atoms with Gasteiger partial charge in [-0.3, -0.25) is 18.7 Å². The van der Waals surface area contributed by atoms with Gasteiger partial charge < -0.3 is 14.8 Å². The third-order valence-corrected chi connectivity index (χ3v) is 7.70. The molecule has 1 aromatic heterocycles. The predicted molar refractivity (Wildman–Crippen MR) is 172 cm³/mol. The van der Waals surface area contributed by atoms with Crippen molar-refractivity contribution in [1.29, 1.82) is 0 Å². The number of hydrogen-bond donors (Lipinski definition) is 1. The average Bonchev–Trinajstić information content (AvgIpc) is 3.03. The van der Waals surface area contributed by atoms with Gasteiger partial charge in [-0.1, -0.05) is 48.5 Å².